The Morgan fingerprint density at radius 1 is 1.25 bits per heavy atom. The molecule has 3 heteroatoms. The van der Waals surface area contributed by atoms with Crippen molar-refractivity contribution >= 4 is 15.9 Å². The van der Waals surface area contributed by atoms with Crippen LogP contribution >= 0.6 is 15.9 Å². The lowest BCUT2D eigenvalue weighted by Crippen LogP contribution is -2.24. The Hall–Kier alpha value is -0.410. The molecule has 88 valence electrons. The topological polar surface area (TPSA) is 26.0 Å². The van der Waals surface area contributed by atoms with E-state index < -0.39 is 0 Å². The monoisotopic (exact) mass is 285 g/mol. The molecule has 1 aromatic rings. The van der Waals surface area contributed by atoms with Gasteiger partial charge >= 0.3 is 0 Å². The maximum Gasteiger partial charge on any atom is 0.137 e. The molecule has 1 nitrogen and oxygen atoms in total. The fraction of sp³-hybridized carbons (Fsp3) is 0.538. The zero-order chi connectivity index (χ0) is 11.5. The molecule has 1 saturated carbocycles. The highest BCUT2D eigenvalue weighted by Gasteiger charge is 2.23. The fourth-order valence-corrected chi connectivity index (χ4v) is 3.05. The number of nitrogens with two attached hydrogens (primary N) is 1. The van der Waals surface area contributed by atoms with Crippen LogP contribution in [0.15, 0.2) is 22.7 Å². The Morgan fingerprint density at radius 3 is 2.62 bits per heavy atom. The minimum atomic E-state index is -0.219. The fourth-order valence-electron chi connectivity index (χ4n) is 2.53. The zero-order valence-electron chi connectivity index (χ0n) is 9.26. The summed E-state index contributed by atoms with van der Waals surface area (Å²) in [5, 5.41) is 0. The lowest BCUT2D eigenvalue weighted by molar-refractivity contribution is 0.307. The van der Waals surface area contributed by atoms with Crippen LogP contribution < -0.4 is 5.73 Å². The molecular formula is C13H17BrFN. The van der Waals surface area contributed by atoms with Crippen LogP contribution in [0.3, 0.4) is 0 Å². The van der Waals surface area contributed by atoms with Gasteiger partial charge in [0.05, 0.1) is 4.47 Å². The van der Waals surface area contributed by atoms with Gasteiger partial charge in [-0.3, -0.25) is 0 Å². The molecule has 0 aromatic heterocycles. The normalized spacial score (nSPS) is 19.7. The highest BCUT2D eigenvalue weighted by Crippen LogP contribution is 2.36. The number of rotatable bonds is 2. The van der Waals surface area contributed by atoms with Gasteiger partial charge in [-0.15, -0.1) is 0 Å². The predicted octanol–water partition coefficient (Wildman–Crippen LogP) is 4.17. The molecule has 2 N–H and O–H groups in total. The van der Waals surface area contributed by atoms with Gasteiger partial charge in [-0.25, -0.2) is 4.39 Å². The van der Waals surface area contributed by atoms with E-state index in [2.05, 4.69) is 15.9 Å². The van der Waals surface area contributed by atoms with Gasteiger partial charge in [-0.2, -0.15) is 0 Å². The molecular weight excluding hydrogens is 269 g/mol. The van der Waals surface area contributed by atoms with Gasteiger partial charge in [0.2, 0.25) is 0 Å². The summed E-state index contributed by atoms with van der Waals surface area (Å²) in [7, 11) is 0. The molecule has 2 rings (SSSR count). The quantitative estimate of drug-likeness (QED) is 0.867. The molecule has 0 aliphatic heterocycles. The van der Waals surface area contributed by atoms with Crippen LogP contribution in [0.4, 0.5) is 4.39 Å². The van der Waals surface area contributed by atoms with Crippen molar-refractivity contribution in [2.75, 3.05) is 0 Å². The molecule has 1 aliphatic rings. The van der Waals surface area contributed by atoms with Crippen molar-refractivity contribution in [1.82, 2.24) is 0 Å². The summed E-state index contributed by atoms with van der Waals surface area (Å²) >= 11 is 3.29. The summed E-state index contributed by atoms with van der Waals surface area (Å²) in [4.78, 5) is 0. The first-order valence-corrected chi connectivity index (χ1v) is 6.69. The summed E-state index contributed by atoms with van der Waals surface area (Å²) in [6.45, 7) is 0. The van der Waals surface area contributed by atoms with Gasteiger partial charge in [-0.05, 0) is 46.3 Å². The largest absolute Gasteiger partial charge is 0.324 e. The number of halogens is 2. The first kappa shape index (κ1) is 12.1. The van der Waals surface area contributed by atoms with Crippen LogP contribution in [-0.2, 0) is 0 Å². The lowest BCUT2D eigenvalue weighted by Gasteiger charge is -2.28. The van der Waals surface area contributed by atoms with Crippen molar-refractivity contribution in [3.8, 4) is 0 Å². The smallest absolute Gasteiger partial charge is 0.137 e. The molecule has 1 aliphatic carbocycles. The van der Waals surface area contributed by atoms with Crippen molar-refractivity contribution in [1.29, 1.82) is 0 Å². The second kappa shape index (κ2) is 5.28. The van der Waals surface area contributed by atoms with E-state index in [1.54, 1.807) is 6.07 Å². The molecule has 0 heterocycles. The summed E-state index contributed by atoms with van der Waals surface area (Å²) in [5.74, 6) is 0.288. The van der Waals surface area contributed by atoms with E-state index in [9.17, 15) is 4.39 Å². The van der Waals surface area contributed by atoms with Crippen LogP contribution in [0.5, 0.6) is 0 Å². The summed E-state index contributed by atoms with van der Waals surface area (Å²) in [5.41, 5.74) is 7.15. The summed E-state index contributed by atoms with van der Waals surface area (Å²) < 4.78 is 13.9. The first-order valence-electron chi connectivity index (χ1n) is 5.89. The highest BCUT2D eigenvalue weighted by atomic mass is 79.9. The Bertz CT molecular complexity index is 361. The SMILES string of the molecule is NC(c1cccc(F)c1Br)C1CCCCC1. The third-order valence-corrected chi connectivity index (χ3v) is 4.33. The Labute approximate surface area is 104 Å². The van der Waals surface area contributed by atoms with Crippen molar-refractivity contribution in [3.63, 3.8) is 0 Å². The number of hydrogen-bond donors (Lipinski definition) is 1. The number of benzene rings is 1. The Balaban J connectivity index is 2.19. The summed E-state index contributed by atoms with van der Waals surface area (Å²) in [6.07, 6.45) is 6.17. The maximum absolute atomic E-state index is 13.4. The van der Waals surface area contributed by atoms with Crippen LogP contribution in [0.25, 0.3) is 0 Å². The van der Waals surface area contributed by atoms with Gasteiger partial charge in [0, 0.05) is 6.04 Å². The van der Waals surface area contributed by atoms with Gasteiger partial charge < -0.3 is 5.73 Å². The molecule has 16 heavy (non-hydrogen) atoms. The van der Waals surface area contributed by atoms with Crippen LogP contribution in [0.1, 0.15) is 43.7 Å². The highest BCUT2D eigenvalue weighted by molar-refractivity contribution is 9.10. The van der Waals surface area contributed by atoms with E-state index >= 15 is 0 Å². The molecule has 0 saturated heterocycles. The van der Waals surface area contributed by atoms with E-state index in [1.807, 2.05) is 6.07 Å². The van der Waals surface area contributed by atoms with Crippen molar-refractivity contribution in [2.45, 2.75) is 38.1 Å². The van der Waals surface area contributed by atoms with Crippen molar-refractivity contribution in [3.05, 3.63) is 34.1 Å². The predicted molar refractivity (Wildman–Crippen MR) is 67.6 cm³/mol. The van der Waals surface area contributed by atoms with E-state index in [1.165, 1.54) is 38.2 Å². The Morgan fingerprint density at radius 2 is 1.94 bits per heavy atom. The molecule has 0 spiro atoms. The molecule has 1 unspecified atom stereocenters. The molecule has 1 aromatic carbocycles. The molecule has 1 atom stereocenters. The van der Waals surface area contributed by atoms with Crippen molar-refractivity contribution < 1.29 is 4.39 Å². The molecule has 0 amide bonds. The van der Waals surface area contributed by atoms with E-state index in [0.29, 0.717) is 10.4 Å². The van der Waals surface area contributed by atoms with Gasteiger partial charge in [0.1, 0.15) is 5.82 Å². The summed E-state index contributed by atoms with van der Waals surface area (Å²) in [6, 6.07) is 5.08. The van der Waals surface area contributed by atoms with Crippen LogP contribution in [-0.4, -0.2) is 0 Å². The average molecular weight is 286 g/mol. The minimum absolute atomic E-state index is 0.0367. The minimum Gasteiger partial charge on any atom is -0.324 e. The van der Waals surface area contributed by atoms with Crippen LogP contribution in [0.2, 0.25) is 0 Å². The van der Waals surface area contributed by atoms with Crippen molar-refractivity contribution in [2.24, 2.45) is 11.7 Å². The average Bonchev–Trinajstić information content (AvgIpc) is 2.33. The third-order valence-electron chi connectivity index (χ3n) is 3.50. The van der Waals surface area contributed by atoms with Gasteiger partial charge in [-0.1, -0.05) is 31.4 Å². The van der Waals surface area contributed by atoms with Gasteiger partial charge in [0.25, 0.3) is 0 Å². The second-order valence-corrected chi connectivity index (χ2v) is 5.36. The standard InChI is InChI=1S/C13H17BrFN/c14-12-10(7-4-8-11(12)15)13(16)9-5-2-1-3-6-9/h4,7-9,13H,1-3,5-6,16H2. The van der Waals surface area contributed by atoms with E-state index in [4.69, 9.17) is 5.73 Å². The van der Waals surface area contributed by atoms with E-state index in [0.717, 1.165) is 5.56 Å². The lowest BCUT2D eigenvalue weighted by atomic mass is 9.81. The second-order valence-electron chi connectivity index (χ2n) is 4.57. The number of hydrogen-bond acceptors (Lipinski definition) is 1. The first-order chi connectivity index (χ1) is 7.70. The Kier molecular flexibility index (Phi) is 3.98. The molecule has 0 radical (unpaired) electrons. The van der Waals surface area contributed by atoms with E-state index in [-0.39, 0.29) is 11.9 Å². The van der Waals surface area contributed by atoms with Crippen LogP contribution in [0, 0.1) is 11.7 Å². The third kappa shape index (κ3) is 2.46. The maximum atomic E-state index is 13.4. The van der Waals surface area contributed by atoms with Gasteiger partial charge in [0.15, 0.2) is 0 Å². The molecule has 1 fully saturated rings. The molecule has 0 bridgehead atoms. The zero-order valence-corrected chi connectivity index (χ0v) is 10.8.